The van der Waals surface area contributed by atoms with E-state index in [9.17, 15) is 4.79 Å². The number of nitrogens with one attached hydrogen (secondary N) is 1. The third-order valence-electron chi connectivity index (χ3n) is 2.71. The van der Waals surface area contributed by atoms with Crippen molar-refractivity contribution >= 4 is 72.8 Å². The van der Waals surface area contributed by atoms with Gasteiger partial charge in [0.25, 0.3) is 5.91 Å². The van der Waals surface area contributed by atoms with Gasteiger partial charge in [-0.2, -0.15) is 8.73 Å². The number of rotatable bonds is 2. The maximum atomic E-state index is 12.4. The first-order valence-corrected chi connectivity index (χ1v) is 8.23. The summed E-state index contributed by atoms with van der Waals surface area (Å²) >= 11 is 6.66. The number of amides is 1. The predicted octanol–water partition coefficient (Wildman–Crippen LogP) is 5.03. The molecule has 1 aliphatic rings. The molecule has 0 atom stereocenters. The van der Waals surface area contributed by atoms with E-state index in [-0.39, 0.29) is 5.91 Å². The van der Waals surface area contributed by atoms with Crippen molar-refractivity contribution < 1.29 is 4.79 Å². The minimum atomic E-state index is -0.156. The molecule has 0 aliphatic carbocycles. The molecule has 0 fully saturated rings. The van der Waals surface area contributed by atoms with Crippen molar-refractivity contribution in [2.45, 2.75) is 0 Å². The number of hydrogen-bond acceptors (Lipinski definition) is 3. The largest absolute Gasteiger partial charge is 0.320 e. The number of carbonyl (C=O) groups excluding carboxylic acids is 1. The van der Waals surface area contributed by atoms with Gasteiger partial charge in [0.1, 0.15) is 11.4 Å². The predicted molar refractivity (Wildman–Crippen MR) is 92.8 cm³/mol. The first kappa shape index (κ1) is 13.9. The maximum Gasteiger partial charge on any atom is 0.256 e. The SMILES string of the molecule is O=C(Nc1cccc2c1N=S=N2)c1cc(Br)ccc1I. The number of halogens is 2. The molecule has 1 heterocycles. The highest BCUT2D eigenvalue weighted by atomic mass is 127. The van der Waals surface area contributed by atoms with Crippen LogP contribution in [0.3, 0.4) is 0 Å². The van der Waals surface area contributed by atoms with Gasteiger partial charge in [-0.3, -0.25) is 4.79 Å². The van der Waals surface area contributed by atoms with Gasteiger partial charge in [0.05, 0.1) is 22.6 Å². The average Bonchev–Trinajstić information content (AvgIpc) is 2.91. The number of anilines is 1. The molecule has 0 radical (unpaired) electrons. The number of hydrogen-bond donors (Lipinski definition) is 1. The standard InChI is InChI=1S/C13H7BrIN3OS/c14-7-4-5-9(15)8(6-7)13(19)16-10-2-1-3-11-12(10)18-20-17-11/h1-6H,(H,16,19). The van der Waals surface area contributed by atoms with Crippen LogP contribution in [0, 0.1) is 3.57 Å². The van der Waals surface area contributed by atoms with Crippen LogP contribution in [-0.2, 0) is 11.4 Å². The lowest BCUT2D eigenvalue weighted by Crippen LogP contribution is -2.13. The molecule has 4 nitrogen and oxygen atoms in total. The van der Waals surface area contributed by atoms with Crippen LogP contribution in [0.25, 0.3) is 0 Å². The number of nitrogens with zero attached hydrogens (tertiary/aromatic N) is 2. The highest BCUT2D eigenvalue weighted by molar-refractivity contribution is 14.1. The van der Waals surface area contributed by atoms with Gasteiger partial charge >= 0.3 is 0 Å². The molecule has 1 aliphatic heterocycles. The second-order valence-electron chi connectivity index (χ2n) is 4.02. The Balaban J connectivity index is 1.93. The monoisotopic (exact) mass is 459 g/mol. The molecule has 0 saturated carbocycles. The molecule has 7 heteroatoms. The first-order valence-electron chi connectivity index (χ1n) is 5.63. The van der Waals surface area contributed by atoms with Crippen molar-refractivity contribution in [3.05, 3.63) is 50.0 Å². The normalized spacial score (nSPS) is 11.9. The Morgan fingerprint density at radius 1 is 1.25 bits per heavy atom. The van der Waals surface area contributed by atoms with Gasteiger partial charge in [-0.1, -0.05) is 22.0 Å². The maximum absolute atomic E-state index is 12.4. The van der Waals surface area contributed by atoms with E-state index >= 15 is 0 Å². The summed E-state index contributed by atoms with van der Waals surface area (Å²) in [7, 11) is 0. The summed E-state index contributed by atoms with van der Waals surface area (Å²) in [6.45, 7) is 0. The van der Waals surface area contributed by atoms with Crippen molar-refractivity contribution in [1.82, 2.24) is 0 Å². The molecule has 2 aromatic carbocycles. The van der Waals surface area contributed by atoms with Crippen LogP contribution in [0.5, 0.6) is 0 Å². The molecule has 1 N–H and O–H groups in total. The smallest absolute Gasteiger partial charge is 0.256 e. The molecule has 1 amide bonds. The second kappa shape index (κ2) is 5.74. The zero-order valence-electron chi connectivity index (χ0n) is 9.93. The molecule has 100 valence electrons. The van der Waals surface area contributed by atoms with Crippen LogP contribution >= 0.6 is 38.5 Å². The van der Waals surface area contributed by atoms with Gasteiger partial charge in [-0.15, -0.1) is 0 Å². The Kier molecular flexibility index (Phi) is 3.99. The number of fused-ring (bicyclic) bond motifs is 1. The van der Waals surface area contributed by atoms with Gasteiger partial charge in [-0.05, 0) is 52.9 Å². The topological polar surface area (TPSA) is 53.8 Å². The molecule has 0 spiro atoms. The summed E-state index contributed by atoms with van der Waals surface area (Å²) in [6.07, 6.45) is 0. The van der Waals surface area contributed by atoms with Crippen LogP contribution in [-0.4, -0.2) is 5.91 Å². The quantitative estimate of drug-likeness (QED) is 0.536. The summed E-state index contributed by atoms with van der Waals surface area (Å²) in [5.41, 5.74) is 2.81. The van der Waals surface area contributed by atoms with Crippen LogP contribution < -0.4 is 5.32 Å². The van der Waals surface area contributed by atoms with Gasteiger partial charge in [0.2, 0.25) is 0 Å². The van der Waals surface area contributed by atoms with Gasteiger partial charge < -0.3 is 5.32 Å². The lowest BCUT2D eigenvalue weighted by molar-refractivity contribution is 0.102. The second-order valence-corrected chi connectivity index (χ2v) is 6.62. The molecular formula is C13H7BrIN3OS. The molecule has 0 aromatic heterocycles. The summed E-state index contributed by atoms with van der Waals surface area (Å²) < 4.78 is 10.1. The fraction of sp³-hybridized carbons (Fsp3) is 0. The van der Waals surface area contributed by atoms with Crippen molar-refractivity contribution in [3.8, 4) is 0 Å². The van der Waals surface area contributed by atoms with Gasteiger partial charge in [0.15, 0.2) is 0 Å². The van der Waals surface area contributed by atoms with Gasteiger partial charge in [0, 0.05) is 8.04 Å². The Hall–Kier alpha value is -1.06. The van der Waals surface area contributed by atoms with Crippen molar-refractivity contribution in [2.75, 3.05) is 5.32 Å². The summed E-state index contributed by atoms with van der Waals surface area (Å²) in [4.78, 5) is 12.4. The minimum Gasteiger partial charge on any atom is -0.320 e. The van der Waals surface area contributed by atoms with E-state index in [1.54, 1.807) is 6.07 Å². The summed E-state index contributed by atoms with van der Waals surface area (Å²) in [5.74, 6) is -0.156. The fourth-order valence-electron chi connectivity index (χ4n) is 1.77. The lowest BCUT2D eigenvalue weighted by Gasteiger charge is -2.09. The van der Waals surface area contributed by atoms with E-state index in [0.29, 0.717) is 11.3 Å². The van der Waals surface area contributed by atoms with E-state index in [1.807, 2.05) is 30.3 Å². The zero-order valence-corrected chi connectivity index (χ0v) is 14.5. The Labute approximate surface area is 141 Å². The van der Waals surface area contributed by atoms with E-state index in [0.717, 1.165) is 30.8 Å². The number of carbonyl (C=O) groups is 1. The van der Waals surface area contributed by atoms with E-state index in [1.165, 1.54) is 0 Å². The molecule has 0 saturated heterocycles. The van der Waals surface area contributed by atoms with Crippen LogP contribution in [0.15, 0.2) is 49.6 Å². The molecule has 0 bridgehead atoms. The molecular weight excluding hydrogens is 453 g/mol. The highest BCUT2D eigenvalue weighted by Gasteiger charge is 2.15. The first-order chi connectivity index (χ1) is 9.65. The molecule has 2 aromatic rings. The Bertz CT molecular complexity index is 787. The summed E-state index contributed by atoms with van der Waals surface area (Å²) in [5, 5.41) is 2.89. The van der Waals surface area contributed by atoms with E-state index in [2.05, 4.69) is 52.6 Å². The van der Waals surface area contributed by atoms with E-state index < -0.39 is 0 Å². The fourth-order valence-corrected chi connectivity index (χ4v) is 3.26. The average molecular weight is 460 g/mol. The third kappa shape index (κ3) is 2.70. The lowest BCUT2D eigenvalue weighted by atomic mass is 10.2. The van der Waals surface area contributed by atoms with Gasteiger partial charge in [-0.25, -0.2) is 0 Å². The van der Waals surface area contributed by atoms with Crippen molar-refractivity contribution in [1.29, 1.82) is 0 Å². The van der Waals surface area contributed by atoms with Crippen molar-refractivity contribution in [3.63, 3.8) is 0 Å². The molecule has 0 unspecified atom stereocenters. The van der Waals surface area contributed by atoms with Crippen LogP contribution in [0.1, 0.15) is 10.4 Å². The Morgan fingerprint density at radius 2 is 2.10 bits per heavy atom. The van der Waals surface area contributed by atoms with E-state index in [4.69, 9.17) is 0 Å². The van der Waals surface area contributed by atoms with Crippen LogP contribution in [0.4, 0.5) is 17.1 Å². The third-order valence-corrected chi connectivity index (χ3v) is 4.68. The number of benzene rings is 2. The minimum absolute atomic E-state index is 0.156. The molecule has 3 rings (SSSR count). The highest BCUT2D eigenvalue weighted by Crippen LogP contribution is 2.38. The zero-order chi connectivity index (χ0) is 14.1. The molecule has 20 heavy (non-hydrogen) atoms. The van der Waals surface area contributed by atoms with Crippen LogP contribution in [0.2, 0.25) is 0 Å². The Morgan fingerprint density at radius 3 is 2.95 bits per heavy atom. The summed E-state index contributed by atoms with van der Waals surface area (Å²) in [6, 6.07) is 11.2. The van der Waals surface area contributed by atoms with Crippen molar-refractivity contribution in [2.24, 2.45) is 8.73 Å².